The highest BCUT2D eigenvalue weighted by atomic mass is 16.2. The molecule has 0 spiro atoms. The van der Waals surface area contributed by atoms with Crippen LogP contribution in [-0.2, 0) is 11.2 Å². The smallest absolute Gasteiger partial charge is 0.227 e. The summed E-state index contributed by atoms with van der Waals surface area (Å²) in [6, 6.07) is 15.5. The van der Waals surface area contributed by atoms with Crippen LogP contribution in [-0.4, -0.2) is 48.9 Å². The Hall–Kier alpha value is -1.87. The van der Waals surface area contributed by atoms with Crippen molar-refractivity contribution < 1.29 is 4.79 Å². The lowest BCUT2D eigenvalue weighted by Crippen LogP contribution is -2.52. The summed E-state index contributed by atoms with van der Waals surface area (Å²) in [5.74, 6) is 0.226. The van der Waals surface area contributed by atoms with Crippen LogP contribution < -0.4 is 0 Å². The average molecular weight is 324 g/mol. The van der Waals surface area contributed by atoms with Gasteiger partial charge < -0.3 is 9.80 Å². The Bertz CT molecular complexity index is 710. The van der Waals surface area contributed by atoms with Gasteiger partial charge in [-0.25, -0.2) is 0 Å². The molecular weight excluding hydrogens is 296 g/mol. The highest BCUT2D eigenvalue weighted by Gasteiger charge is 2.31. The quantitative estimate of drug-likeness (QED) is 0.856. The topological polar surface area (TPSA) is 23.6 Å². The van der Waals surface area contributed by atoms with Crippen molar-refractivity contribution in [1.82, 2.24) is 9.80 Å². The molecule has 24 heavy (non-hydrogen) atoms. The van der Waals surface area contributed by atoms with Crippen molar-refractivity contribution in [1.29, 1.82) is 0 Å². The Balaban J connectivity index is 1.72. The fourth-order valence-electron chi connectivity index (χ4n) is 3.98. The van der Waals surface area contributed by atoms with E-state index in [0.29, 0.717) is 18.5 Å². The van der Waals surface area contributed by atoms with Crippen molar-refractivity contribution in [3.8, 4) is 0 Å². The maximum Gasteiger partial charge on any atom is 0.227 e. The molecule has 1 aliphatic rings. The lowest BCUT2D eigenvalue weighted by atomic mass is 9.88. The van der Waals surface area contributed by atoms with Crippen molar-refractivity contribution in [2.24, 2.45) is 0 Å². The first-order valence-electron chi connectivity index (χ1n) is 8.96. The number of carbonyl (C=O) groups is 1. The summed E-state index contributed by atoms with van der Waals surface area (Å²) in [7, 11) is 6.24. The molecule has 0 saturated heterocycles. The largest absolute Gasteiger partial charge is 0.341 e. The molecule has 2 atom stereocenters. The Morgan fingerprint density at radius 2 is 1.62 bits per heavy atom. The Morgan fingerprint density at radius 1 is 0.958 bits per heavy atom. The standard InChI is InChI=1S/C21H28N2O/c1-22(2)19-10-6-7-11-20(19)23(3)21(24)15-16-12-13-17-8-4-5-9-18(17)14-16/h4-5,8-9,12-14,19-20H,6-7,10-11,15H2,1-3H3. The number of nitrogens with zero attached hydrogens (tertiary/aromatic N) is 2. The summed E-state index contributed by atoms with van der Waals surface area (Å²) in [5, 5.41) is 2.43. The van der Waals surface area contributed by atoms with Crippen LogP contribution in [0.3, 0.4) is 0 Å². The summed E-state index contributed by atoms with van der Waals surface area (Å²) in [6.07, 6.45) is 5.28. The zero-order valence-electron chi connectivity index (χ0n) is 15.0. The fraction of sp³-hybridized carbons (Fsp3) is 0.476. The first-order chi connectivity index (χ1) is 11.6. The lowest BCUT2D eigenvalue weighted by molar-refractivity contribution is -0.133. The summed E-state index contributed by atoms with van der Waals surface area (Å²) in [6.45, 7) is 0. The molecule has 0 heterocycles. The lowest BCUT2D eigenvalue weighted by Gasteiger charge is -2.41. The van der Waals surface area contributed by atoms with E-state index in [4.69, 9.17) is 0 Å². The molecule has 0 N–H and O–H groups in total. The first-order valence-corrected chi connectivity index (χ1v) is 8.96. The first kappa shape index (κ1) is 17.0. The van der Waals surface area contributed by atoms with Gasteiger partial charge in [-0.2, -0.15) is 0 Å². The van der Waals surface area contributed by atoms with Gasteiger partial charge in [-0.1, -0.05) is 55.3 Å². The van der Waals surface area contributed by atoms with Gasteiger partial charge in [0.2, 0.25) is 5.91 Å². The fourth-order valence-corrected chi connectivity index (χ4v) is 3.98. The van der Waals surface area contributed by atoms with Crippen LogP contribution in [0.1, 0.15) is 31.2 Å². The third-order valence-electron chi connectivity index (χ3n) is 5.42. The molecule has 2 aromatic rings. The molecule has 1 saturated carbocycles. The van der Waals surface area contributed by atoms with Gasteiger partial charge in [-0.15, -0.1) is 0 Å². The maximum atomic E-state index is 12.8. The van der Waals surface area contributed by atoms with Gasteiger partial charge in [-0.3, -0.25) is 4.79 Å². The minimum atomic E-state index is 0.226. The number of benzene rings is 2. The summed E-state index contributed by atoms with van der Waals surface area (Å²) >= 11 is 0. The zero-order chi connectivity index (χ0) is 17.1. The van der Waals surface area contributed by atoms with Crippen LogP contribution in [0, 0.1) is 0 Å². The Kier molecular flexibility index (Phi) is 5.20. The number of likely N-dealkylation sites (N-methyl/N-ethyl adjacent to an activating group) is 2. The van der Waals surface area contributed by atoms with Gasteiger partial charge in [0.1, 0.15) is 0 Å². The molecule has 0 aromatic heterocycles. The zero-order valence-corrected chi connectivity index (χ0v) is 15.0. The number of fused-ring (bicyclic) bond motifs is 1. The van der Waals surface area contributed by atoms with E-state index in [2.05, 4.69) is 49.3 Å². The second kappa shape index (κ2) is 7.35. The normalized spacial score (nSPS) is 21.2. The summed E-state index contributed by atoms with van der Waals surface area (Å²) < 4.78 is 0. The van der Waals surface area contributed by atoms with E-state index >= 15 is 0 Å². The van der Waals surface area contributed by atoms with E-state index in [1.807, 2.05) is 24.1 Å². The number of hydrogen-bond donors (Lipinski definition) is 0. The monoisotopic (exact) mass is 324 g/mol. The molecule has 3 nitrogen and oxygen atoms in total. The number of amides is 1. The molecule has 3 rings (SSSR count). The van der Waals surface area contributed by atoms with Gasteiger partial charge >= 0.3 is 0 Å². The van der Waals surface area contributed by atoms with Gasteiger partial charge in [0.15, 0.2) is 0 Å². The molecule has 2 unspecified atom stereocenters. The molecule has 1 aliphatic carbocycles. The van der Waals surface area contributed by atoms with Crippen LogP contribution >= 0.6 is 0 Å². The van der Waals surface area contributed by atoms with Gasteiger partial charge in [0.25, 0.3) is 0 Å². The van der Waals surface area contributed by atoms with Crippen LogP contribution in [0.15, 0.2) is 42.5 Å². The highest BCUT2D eigenvalue weighted by Crippen LogP contribution is 2.26. The van der Waals surface area contributed by atoms with Crippen LogP contribution in [0.25, 0.3) is 10.8 Å². The van der Waals surface area contributed by atoms with E-state index in [1.165, 1.54) is 30.0 Å². The number of carbonyl (C=O) groups excluding carboxylic acids is 1. The third-order valence-corrected chi connectivity index (χ3v) is 5.42. The van der Waals surface area contributed by atoms with Gasteiger partial charge in [0, 0.05) is 19.1 Å². The Morgan fingerprint density at radius 3 is 2.33 bits per heavy atom. The molecular formula is C21H28N2O. The van der Waals surface area contributed by atoms with E-state index in [0.717, 1.165) is 12.0 Å². The molecule has 1 fully saturated rings. The molecule has 2 aromatic carbocycles. The third kappa shape index (κ3) is 3.62. The van der Waals surface area contributed by atoms with Crippen molar-refractivity contribution in [2.45, 2.75) is 44.2 Å². The number of rotatable bonds is 4. The molecule has 128 valence electrons. The van der Waals surface area contributed by atoms with Gasteiger partial charge in [0.05, 0.1) is 6.42 Å². The number of hydrogen-bond acceptors (Lipinski definition) is 2. The van der Waals surface area contributed by atoms with E-state index in [1.54, 1.807) is 0 Å². The van der Waals surface area contributed by atoms with Crippen molar-refractivity contribution >= 4 is 16.7 Å². The SMILES string of the molecule is CN(C)C1CCCCC1N(C)C(=O)Cc1ccc2ccccc2c1. The summed E-state index contributed by atoms with van der Waals surface area (Å²) in [5.41, 5.74) is 1.10. The molecule has 0 aliphatic heterocycles. The molecule has 1 amide bonds. The minimum Gasteiger partial charge on any atom is -0.341 e. The maximum absolute atomic E-state index is 12.8. The van der Waals surface area contributed by atoms with Crippen LogP contribution in [0.4, 0.5) is 0 Å². The average Bonchev–Trinajstić information content (AvgIpc) is 2.61. The highest BCUT2D eigenvalue weighted by molar-refractivity contribution is 5.85. The van der Waals surface area contributed by atoms with E-state index < -0.39 is 0 Å². The van der Waals surface area contributed by atoms with Crippen molar-refractivity contribution in [3.63, 3.8) is 0 Å². The van der Waals surface area contributed by atoms with E-state index in [9.17, 15) is 4.79 Å². The molecule has 0 bridgehead atoms. The minimum absolute atomic E-state index is 0.226. The summed E-state index contributed by atoms with van der Waals surface area (Å²) in [4.78, 5) is 17.1. The van der Waals surface area contributed by atoms with Crippen molar-refractivity contribution in [3.05, 3.63) is 48.0 Å². The van der Waals surface area contributed by atoms with Crippen LogP contribution in [0.5, 0.6) is 0 Å². The van der Waals surface area contributed by atoms with Crippen molar-refractivity contribution in [2.75, 3.05) is 21.1 Å². The predicted molar refractivity (Wildman–Crippen MR) is 100 cm³/mol. The second-order valence-electron chi connectivity index (χ2n) is 7.25. The van der Waals surface area contributed by atoms with Crippen LogP contribution in [0.2, 0.25) is 0 Å². The molecule has 0 radical (unpaired) electrons. The predicted octanol–water partition coefficient (Wildman–Crippen LogP) is 3.71. The second-order valence-corrected chi connectivity index (χ2v) is 7.25. The van der Waals surface area contributed by atoms with Gasteiger partial charge in [-0.05, 0) is 43.3 Å². The molecule has 3 heteroatoms. The van der Waals surface area contributed by atoms with E-state index in [-0.39, 0.29) is 5.91 Å². The Labute approximate surface area is 145 Å².